The molecule has 0 spiro atoms. The van der Waals surface area contributed by atoms with Gasteiger partial charge in [-0.05, 0) is 49.2 Å². The molecule has 0 aromatic heterocycles. The Morgan fingerprint density at radius 1 is 0.846 bits per heavy atom. The molecule has 1 saturated heterocycles. The lowest BCUT2D eigenvalue weighted by Gasteiger charge is -2.15. The van der Waals surface area contributed by atoms with E-state index in [0.29, 0.717) is 29.8 Å². The van der Waals surface area contributed by atoms with Gasteiger partial charge in [-0.15, -0.1) is 0 Å². The molecular weight excluding hydrogens is 328 g/mol. The van der Waals surface area contributed by atoms with Gasteiger partial charge in [0.15, 0.2) is 0 Å². The van der Waals surface area contributed by atoms with Crippen LogP contribution in [0.2, 0.25) is 0 Å². The Kier molecular flexibility index (Phi) is 4.13. The number of anilines is 2. The fraction of sp³-hybridized carbons (Fsp3) is 0.190. The van der Waals surface area contributed by atoms with E-state index in [4.69, 9.17) is 0 Å². The summed E-state index contributed by atoms with van der Waals surface area (Å²) in [7, 11) is 0. The zero-order chi connectivity index (χ0) is 18.1. The van der Waals surface area contributed by atoms with Crippen LogP contribution in [0, 0.1) is 11.8 Å². The van der Waals surface area contributed by atoms with Crippen LogP contribution < -0.4 is 10.2 Å². The zero-order valence-electron chi connectivity index (χ0n) is 14.1. The summed E-state index contributed by atoms with van der Waals surface area (Å²) in [6.45, 7) is 0. The molecule has 2 aromatic carbocycles. The number of carbonyl (C=O) groups excluding carboxylic acids is 3. The molecule has 5 nitrogen and oxygen atoms in total. The second kappa shape index (κ2) is 6.59. The molecule has 2 aliphatic rings. The number of benzene rings is 2. The van der Waals surface area contributed by atoms with Crippen molar-refractivity contribution in [3.05, 3.63) is 72.3 Å². The molecule has 26 heavy (non-hydrogen) atoms. The number of amides is 3. The van der Waals surface area contributed by atoms with Crippen molar-refractivity contribution in [3.63, 3.8) is 0 Å². The van der Waals surface area contributed by atoms with Crippen molar-refractivity contribution in [3.8, 4) is 0 Å². The monoisotopic (exact) mass is 346 g/mol. The molecule has 0 unspecified atom stereocenters. The van der Waals surface area contributed by atoms with Crippen molar-refractivity contribution in [2.24, 2.45) is 11.8 Å². The minimum atomic E-state index is -0.245. The summed E-state index contributed by atoms with van der Waals surface area (Å²) < 4.78 is 0. The SMILES string of the molecule is O=C(Nc1ccc(N2C(=O)[C@@H]3CC=CC[C@H]3C2=O)cc1)c1ccccc1. The smallest absolute Gasteiger partial charge is 0.255 e. The molecule has 0 saturated carbocycles. The van der Waals surface area contributed by atoms with Crippen LogP contribution in [-0.2, 0) is 9.59 Å². The van der Waals surface area contributed by atoms with Crippen LogP contribution in [0.1, 0.15) is 23.2 Å². The Bertz CT molecular complexity index is 861. The summed E-state index contributed by atoms with van der Waals surface area (Å²) in [4.78, 5) is 38.7. The number of fused-ring (bicyclic) bond motifs is 1. The van der Waals surface area contributed by atoms with E-state index in [0.717, 1.165) is 0 Å². The molecule has 5 heteroatoms. The maximum absolute atomic E-state index is 12.6. The normalized spacial score (nSPS) is 21.6. The van der Waals surface area contributed by atoms with Crippen LogP contribution in [0.25, 0.3) is 0 Å². The minimum Gasteiger partial charge on any atom is -0.322 e. The van der Waals surface area contributed by atoms with E-state index >= 15 is 0 Å². The summed E-state index contributed by atoms with van der Waals surface area (Å²) in [6.07, 6.45) is 5.18. The van der Waals surface area contributed by atoms with Crippen LogP contribution >= 0.6 is 0 Å². The Labute approximate surface area is 151 Å². The van der Waals surface area contributed by atoms with E-state index in [9.17, 15) is 14.4 Å². The van der Waals surface area contributed by atoms with E-state index < -0.39 is 0 Å². The molecule has 0 radical (unpaired) electrons. The quantitative estimate of drug-likeness (QED) is 0.684. The first-order valence-electron chi connectivity index (χ1n) is 8.64. The molecule has 1 fully saturated rings. The van der Waals surface area contributed by atoms with Gasteiger partial charge in [0.2, 0.25) is 11.8 Å². The molecule has 1 aliphatic heterocycles. The van der Waals surface area contributed by atoms with Crippen LogP contribution in [0.5, 0.6) is 0 Å². The van der Waals surface area contributed by atoms with E-state index in [1.165, 1.54) is 4.90 Å². The summed E-state index contributed by atoms with van der Waals surface area (Å²) >= 11 is 0. The standard InChI is InChI=1S/C21H18N2O3/c24-19(14-6-2-1-3-7-14)22-15-10-12-16(13-11-15)23-20(25)17-8-4-5-9-18(17)21(23)26/h1-7,10-13,17-18H,8-9H2,(H,22,24)/t17-,18-/m1/s1. The summed E-state index contributed by atoms with van der Waals surface area (Å²) in [6, 6.07) is 15.7. The first-order chi connectivity index (χ1) is 12.6. The average molecular weight is 346 g/mol. The number of rotatable bonds is 3. The highest BCUT2D eigenvalue weighted by Crippen LogP contribution is 2.37. The van der Waals surface area contributed by atoms with Crippen molar-refractivity contribution in [1.82, 2.24) is 0 Å². The van der Waals surface area contributed by atoms with Gasteiger partial charge in [0.1, 0.15) is 0 Å². The van der Waals surface area contributed by atoms with E-state index in [2.05, 4.69) is 5.32 Å². The van der Waals surface area contributed by atoms with Crippen LogP contribution in [-0.4, -0.2) is 17.7 Å². The molecule has 2 atom stereocenters. The lowest BCUT2D eigenvalue weighted by Crippen LogP contribution is -2.30. The van der Waals surface area contributed by atoms with Gasteiger partial charge in [0.25, 0.3) is 5.91 Å². The van der Waals surface area contributed by atoms with Gasteiger partial charge >= 0.3 is 0 Å². The number of hydrogen-bond donors (Lipinski definition) is 1. The first kappa shape index (κ1) is 16.3. The minimum absolute atomic E-state index is 0.134. The van der Waals surface area contributed by atoms with Crippen molar-refractivity contribution < 1.29 is 14.4 Å². The van der Waals surface area contributed by atoms with Crippen LogP contribution in [0.15, 0.2) is 66.7 Å². The molecule has 4 rings (SSSR count). The van der Waals surface area contributed by atoms with Crippen LogP contribution in [0.4, 0.5) is 11.4 Å². The molecule has 1 heterocycles. The maximum Gasteiger partial charge on any atom is 0.255 e. The lowest BCUT2D eigenvalue weighted by molar-refractivity contribution is -0.122. The van der Waals surface area contributed by atoms with Crippen molar-refractivity contribution in [1.29, 1.82) is 0 Å². The van der Waals surface area contributed by atoms with Crippen molar-refractivity contribution in [2.45, 2.75) is 12.8 Å². The maximum atomic E-state index is 12.6. The number of nitrogens with one attached hydrogen (secondary N) is 1. The zero-order valence-corrected chi connectivity index (χ0v) is 14.1. The third kappa shape index (κ3) is 2.81. The molecule has 1 aliphatic carbocycles. The van der Waals surface area contributed by atoms with E-state index in [-0.39, 0.29) is 29.6 Å². The molecular formula is C21H18N2O3. The molecule has 2 aromatic rings. The number of allylic oxidation sites excluding steroid dienone is 2. The number of nitrogens with zero attached hydrogens (tertiary/aromatic N) is 1. The van der Waals surface area contributed by atoms with E-state index in [1.807, 2.05) is 18.2 Å². The number of carbonyl (C=O) groups is 3. The van der Waals surface area contributed by atoms with Crippen LogP contribution in [0.3, 0.4) is 0 Å². The fourth-order valence-electron chi connectivity index (χ4n) is 3.54. The number of hydrogen-bond acceptors (Lipinski definition) is 3. The van der Waals surface area contributed by atoms with Gasteiger partial charge < -0.3 is 5.32 Å². The highest BCUT2D eigenvalue weighted by atomic mass is 16.2. The Morgan fingerprint density at radius 3 is 2.00 bits per heavy atom. The van der Waals surface area contributed by atoms with Gasteiger partial charge in [0, 0.05) is 11.3 Å². The Hall–Kier alpha value is -3.21. The molecule has 3 amide bonds. The predicted molar refractivity (Wildman–Crippen MR) is 98.7 cm³/mol. The summed E-state index contributed by atoms with van der Waals surface area (Å²) in [5.74, 6) is -0.963. The highest BCUT2D eigenvalue weighted by Gasteiger charge is 2.47. The summed E-state index contributed by atoms with van der Waals surface area (Å²) in [5, 5.41) is 2.81. The predicted octanol–water partition coefficient (Wildman–Crippen LogP) is 3.39. The molecule has 0 bridgehead atoms. The van der Waals surface area contributed by atoms with Gasteiger partial charge in [-0.3, -0.25) is 19.3 Å². The van der Waals surface area contributed by atoms with Gasteiger partial charge in [-0.2, -0.15) is 0 Å². The van der Waals surface area contributed by atoms with Crippen molar-refractivity contribution >= 4 is 29.1 Å². The summed E-state index contributed by atoms with van der Waals surface area (Å²) in [5.41, 5.74) is 1.73. The third-order valence-electron chi connectivity index (χ3n) is 4.93. The van der Waals surface area contributed by atoms with E-state index in [1.54, 1.807) is 48.5 Å². The Morgan fingerprint density at radius 2 is 1.42 bits per heavy atom. The number of imide groups is 1. The van der Waals surface area contributed by atoms with Gasteiger partial charge in [-0.25, -0.2) is 0 Å². The molecule has 130 valence electrons. The second-order valence-corrected chi connectivity index (χ2v) is 6.53. The lowest BCUT2D eigenvalue weighted by atomic mass is 9.85. The van der Waals surface area contributed by atoms with Gasteiger partial charge in [0.05, 0.1) is 17.5 Å². The second-order valence-electron chi connectivity index (χ2n) is 6.53. The van der Waals surface area contributed by atoms with Gasteiger partial charge in [-0.1, -0.05) is 30.4 Å². The molecule has 1 N–H and O–H groups in total. The highest BCUT2D eigenvalue weighted by molar-refractivity contribution is 6.22. The first-order valence-corrected chi connectivity index (χ1v) is 8.64. The van der Waals surface area contributed by atoms with Crippen molar-refractivity contribution in [2.75, 3.05) is 10.2 Å². The Balaban J connectivity index is 1.51. The fourth-order valence-corrected chi connectivity index (χ4v) is 3.54. The largest absolute Gasteiger partial charge is 0.322 e. The average Bonchev–Trinajstić information content (AvgIpc) is 2.94. The topological polar surface area (TPSA) is 66.5 Å². The third-order valence-corrected chi connectivity index (χ3v) is 4.93.